The molecule has 12 heteroatoms. The number of amides is 1. The average molecular weight is 989 g/mol. The number of halogens is 1. The predicted octanol–water partition coefficient (Wildman–Crippen LogP) is 12.9. The summed E-state index contributed by atoms with van der Waals surface area (Å²) in [6, 6.07) is 60.7. The van der Waals surface area contributed by atoms with E-state index in [1.165, 1.54) is 6.07 Å². The molecule has 0 atom stereocenters. The quantitative estimate of drug-likeness (QED) is 0.109. The molecular formula is C62H41ClN4O7. The van der Waals surface area contributed by atoms with Crippen molar-refractivity contribution in [3.05, 3.63) is 275 Å². The monoisotopic (exact) mass is 988 g/mol. The van der Waals surface area contributed by atoms with Gasteiger partial charge in [0.1, 0.15) is 0 Å². The number of benzene rings is 8. The molecule has 3 aliphatic carbocycles. The van der Waals surface area contributed by atoms with Gasteiger partial charge < -0.3 is 25.3 Å². The number of hydrogen-bond donors (Lipinski definition) is 3. The van der Waals surface area contributed by atoms with E-state index < -0.39 is 11.2 Å². The molecule has 2 heterocycles. The van der Waals surface area contributed by atoms with E-state index >= 15 is 0 Å². The lowest BCUT2D eigenvalue weighted by Crippen LogP contribution is -2.17. The molecule has 0 aliphatic heterocycles. The van der Waals surface area contributed by atoms with E-state index in [1.54, 1.807) is 54.6 Å². The number of para-hydroxylation sites is 4. The maximum Gasteiger partial charge on any atom is 0.336 e. The molecule has 0 unspecified atom stereocenters. The minimum Gasteiger partial charge on any atom is -0.478 e. The highest BCUT2D eigenvalue weighted by atomic mass is 35.5. The van der Waals surface area contributed by atoms with Gasteiger partial charge in [-0.3, -0.25) is 24.0 Å². The number of nitrogens with two attached hydrogens (primary N) is 1. The van der Waals surface area contributed by atoms with Crippen LogP contribution in [-0.4, -0.2) is 48.7 Å². The van der Waals surface area contributed by atoms with Gasteiger partial charge in [0.15, 0.2) is 17.3 Å². The summed E-state index contributed by atoms with van der Waals surface area (Å²) in [7, 11) is 0. The van der Waals surface area contributed by atoms with Crippen LogP contribution in [0.3, 0.4) is 0 Å². The van der Waals surface area contributed by atoms with E-state index in [1.807, 2.05) is 173 Å². The van der Waals surface area contributed by atoms with Crippen LogP contribution in [0.2, 0.25) is 0 Å². The van der Waals surface area contributed by atoms with Gasteiger partial charge >= 0.3 is 5.97 Å². The highest BCUT2D eigenvalue weighted by molar-refractivity contribution is 6.68. The maximum atomic E-state index is 13.1. The Hall–Kier alpha value is -9.97. The van der Waals surface area contributed by atoms with Crippen molar-refractivity contribution >= 4 is 57.4 Å². The highest BCUT2D eigenvalue weighted by Gasteiger charge is 2.33. The smallest absolute Gasteiger partial charge is 0.336 e. The van der Waals surface area contributed by atoms with Gasteiger partial charge in [-0.1, -0.05) is 133 Å². The fourth-order valence-electron chi connectivity index (χ4n) is 9.45. The molecule has 2 aromatic heterocycles. The summed E-state index contributed by atoms with van der Waals surface area (Å²) in [5.74, 6) is -1.79. The van der Waals surface area contributed by atoms with E-state index in [4.69, 9.17) is 22.4 Å². The summed E-state index contributed by atoms with van der Waals surface area (Å²) in [6.07, 6.45) is 7.80. The third kappa shape index (κ3) is 8.91. The molecule has 358 valence electrons. The van der Waals surface area contributed by atoms with Crippen molar-refractivity contribution in [3.8, 4) is 44.8 Å². The topological polar surface area (TPSA) is 171 Å². The Morgan fingerprint density at radius 3 is 1.20 bits per heavy atom. The van der Waals surface area contributed by atoms with Crippen LogP contribution in [-0.2, 0) is 0 Å². The van der Waals surface area contributed by atoms with Crippen LogP contribution in [0.5, 0.6) is 0 Å². The molecule has 1 amide bonds. The molecule has 4 N–H and O–H groups in total. The Labute approximate surface area is 429 Å². The molecular weight excluding hydrogens is 948 g/mol. The third-order valence-electron chi connectivity index (χ3n) is 12.8. The lowest BCUT2D eigenvalue weighted by atomic mass is 10.00. The Morgan fingerprint density at radius 2 is 0.743 bits per heavy atom. The number of aromatic carboxylic acids is 1. The summed E-state index contributed by atoms with van der Waals surface area (Å²) in [5, 5.41) is 11.5. The molecule has 0 spiro atoms. The molecule has 0 saturated carbocycles. The van der Waals surface area contributed by atoms with Gasteiger partial charge in [-0.15, -0.1) is 0 Å². The van der Waals surface area contributed by atoms with Crippen molar-refractivity contribution in [2.24, 2.45) is 0 Å². The standard InChI is InChI=1S/C24H16N2O2.C14H7ClO2.C14H8O3.C10H10N2/c27-23-18-9-2-1-8-16(18)17-10-7-11-19(22(17)23)24(28)25-20-12-3-4-13-21(20)26-14-5-6-15-26;15-14(17)11-7-3-6-9-8-4-1-2-5-10(8)13(16)12(9)11;15-13-10-5-2-1-4-8(10)9-6-3-7-11(12(9)13)14(16)17;11-9-5-1-2-6-10(9)12-7-3-4-8-12/h1-15H,(H,25,28);1-7H;1-7H,(H,16,17);1-8H,11H2. The SMILES string of the molecule is Nc1ccccc1-n1cccc1.O=C(Cl)c1cccc2c1C(=O)c1ccccc1-2.O=C(Nc1ccccc1-n1cccc1)c1cccc2c1C(=O)c1ccccc1-2.O=C(O)c1cccc2c1C(=O)c1ccccc1-2. The summed E-state index contributed by atoms with van der Waals surface area (Å²) in [6.45, 7) is 0. The summed E-state index contributed by atoms with van der Waals surface area (Å²) < 4.78 is 3.93. The number of fused-ring (bicyclic) bond motifs is 9. The first-order valence-electron chi connectivity index (χ1n) is 23.3. The molecule has 0 fully saturated rings. The van der Waals surface area contributed by atoms with Crippen molar-refractivity contribution in [2.45, 2.75) is 0 Å². The van der Waals surface area contributed by atoms with Gasteiger partial charge in [0.25, 0.3) is 11.1 Å². The van der Waals surface area contributed by atoms with E-state index in [0.717, 1.165) is 44.9 Å². The normalized spacial score (nSPS) is 11.7. The number of carboxylic acids is 1. The van der Waals surface area contributed by atoms with E-state index in [0.29, 0.717) is 50.2 Å². The number of anilines is 2. The second-order valence-corrected chi connectivity index (χ2v) is 17.4. The Bertz CT molecular complexity index is 3760. The minimum absolute atomic E-state index is 0.0729. The highest BCUT2D eigenvalue weighted by Crippen LogP contribution is 2.41. The first-order valence-corrected chi connectivity index (χ1v) is 23.7. The zero-order chi connectivity index (χ0) is 51.5. The molecule has 0 saturated heterocycles. The molecule has 8 aromatic carbocycles. The van der Waals surface area contributed by atoms with Gasteiger partial charge in [0, 0.05) is 63.7 Å². The number of rotatable bonds is 6. The molecule has 0 radical (unpaired) electrons. The van der Waals surface area contributed by atoms with Crippen molar-refractivity contribution in [1.82, 2.24) is 9.13 Å². The van der Waals surface area contributed by atoms with Crippen LogP contribution < -0.4 is 11.1 Å². The van der Waals surface area contributed by atoms with Gasteiger partial charge in [0.2, 0.25) is 0 Å². The summed E-state index contributed by atoms with van der Waals surface area (Å²) in [4.78, 5) is 72.8. The molecule has 74 heavy (non-hydrogen) atoms. The van der Waals surface area contributed by atoms with Gasteiger partial charge in [-0.25, -0.2) is 4.79 Å². The first-order chi connectivity index (χ1) is 36.0. The molecule has 11 nitrogen and oxygen atoms in total. The Kier molecular flexibility index (Phi) is 13.1. The molecule has 3 aliphatic rings. The molecule has 10 aromatic rings. The van der Waals surface area contributed by atoms with Gasteiger partial charge in [-0.2, -0.15) is 0 Å². The fourth-order valence-corrected chi connectivity index (χ4v) is 9.61. The second-order valence-electron chi connectivity index (χ2n) is 17.1. The van der Waals surface area contributed by atoms with Crippen LogP contribution in [0.1, 0.15) is 78.8 Å². The fraction of sp³-hybridized carbons (Fsp3) is 0. The van der Waals surface area contributed by atoms with Gasteiger partial charge in [-0.05, 0) is 112 Å². The van der Waals surface area contributed by atoms with Crippen LogP contribution in [0.15, 0.2) is 225 Å². The van der Waals surface area contributed by atoms with Crippen LogP contribution in [0.25, 0.3) is 44.8 Å². The lowest BCUT2D eigenvalue weighted by Gasteiger charge is -2.13. The minimum atomic E-state index is -1.07. The zero-order valence-electron chi connectivity index (χ0n) is 39.1. The zero-order valence-corrected chi connectivity index (χ0v) is 39.9. The lowest BCUT2D eigenvalue weighted by molar-refractivity contribution is 0.0692. The van der Waals surface area contributed by atoms with Crippen molar-refractivity contribution in [2.75, 3.05) is 11.1 Å². The number of hydrogen-bond acceptors (Lipinski definition) is 7. The number of carbonyl (C=O) groups excluding carboxylic acids is 5. The van der Waals surface area contributed by atoms with Crippen LogP contribution in [0, 0.1) is 0 Å². The van der Waals surface area contributed by atoms with Crippen molar-refractivity contribution < 1.29 is 33.9 Å². The van der Waals surface area contributed by atoms with Crippen LogP contribution >= 0.6 is 11.6 Å². The number of nitrogen functional groups attached to an aromatic ring is 1. The largest absolute Gasteiger partial charge is 0.478 e. The number of nitrogens with zero attached hydrogens (tertiary/aromatic N) is 2. The summed E-state index contributed by atoms with van der Waals surface area (Å²) >= 11 is 5.50. The Balaban J connectivity index is 0.000000119. The predicted molar refractivity (Wildman–Crippen MR) is 287 cm³/mol. The number of carboxylic acid groups (broad SMARTS) is 1. The van der Waals surface area contributed by atoms with Crippen molar-refractivity contribution in [3.63, 3.8) is 0 Å². The number of carbonyl (C=O) groups is 6. The van der Waals surface area contributed by atoms with E-state index in [2.05, 4.69) is 5.32 Å². The Morgan fingerprint density at radius 1 is 0.392 bits per heavy atom. The number of aromatic nitrogens is 2. The summed E-state index contributed by atoms with van der Waals surface area (Å²) in [5.41, 5.74) is 17.9. The number of ketones is 3. The van der Waals surface area contributed by atoms with Crippen LogP contribution in [0.4, 0.5) is 11.4 Å². The first kappa shape index (κ1) is 47.7. The average Bonchev–Trinajstić information content (AvgIpc) is 4.31. The van der Waals surface area contributed by atoms with E-state index in [9.17, 15) is 28.8 Å². The van der Waals surface area contributed by atoms with Gasteiger partial charge in [0.05, 0.1) is 33.9 Å². The maximum absolute atomic E-state index is 13.1. The third-order valence-corrected chi connectivity index (χ3v) is 13.0. The van der Waals surface area contributed by atoms with Crippen molar-refractivity contribution in [1.29, 1.82) is 0 Å². The molecule has 13 rings (SSSR count). The second kappa shape index (κ2) is 20.4. The van der Waals surface area contributed by atoms with E-state index in [-0.39, 0.29) is 34.4 Å². The number of nitrogens with one attached hydrogen (secondary N) is 1. The molecule has 0 bridgehead atoms.